The molecule has 1 aliphatic rings. The van der Waals surface area contributed by atoms with Crippen LogP contribution in [0.1, 0.15) is 23.7 Å². The number of fused-ring (bicyclic) bond motifs is 1. The summed E-state index contributed by atoms with van der Waals surface area (Å²) in [6.45, 7) is 1.05. The van der Waals surface area contributed by atoms with Gasteiger partial charge in [-0.1, -0.05) is 0 Å². The van der Waals surface area contributed by atoms with Crippen LogP contribution in [0.15, 0.2) is 6.33 Å². The van der Waals surface area contributed by atoms with E-state index in [1.165, 1.54) is 24.2 Å². The van der Waals surface area contributed by atoms with Gasteiger partial charge in [0.15, 0.2) is 0 Å². The fourth-order valence-electron chi connectivity index (χ4n) is 1.78. The Morgan fingerprint density at radius 1 is 1.82 bits per heavy atom. The Hall–Kier alpha value is -0.830. The van der Waals surface area contributed by atoms with Crippen LogP contribution in [0.5, 0.6) is 0 Å². The number of hydrogen-bond acceptors (Lipinski definition) is 2. The van der Waals surface area contributed by atoms with Crippen LogP contribution in [0, 0.1) is 0 Å². The van der Waals surface area contributed by atoms with Crippen LogP contribution in [-0.2, 0) is 6.42 Å². The fourth-order valence-corrected chi connectivity index (χ4v) is 1.78. The Balaban J connectivity index is 2.18. The smallest absolute Gasteiger partial charge is 0.0925 e. The van der Waals surface area contributed by atoms with Gasteiger partial charge >= 0.3 is 0 Å². The van der Waals surface area contributed by atoms with Crippen molar-refractivity contribution in [1.82, 2.24) is 15.3 Å². The van der Waals surface area contributed by atoms with Crippen LogP contribution in [-0.4, -0.2) is 23.6 Å². The van der Waals surface area contributed by atoms with Crippen molar-refractivity contribution in [2.24, 2.45) is 0 Å². The summed E-state index contributed by atoms with van der Waals surface area (Å²) in [6.07, 6.45) is 4.21. The van der Waals surface area contributed by atoms with Gasteiger partial charge in [0.25, 0.3) is 0 Å². The summed E-state index contributed by atoms with van der Waals surface area (Å²) in [5.41, 5.74) is 2.62. The van der Waals surface area contributed by atoms with E-state index in [0.29, 0.717) is 5.92 Å². The van der Waals surface area contributed by atoms with E-state index >= 15 is 0 Å². The lowest BCUT2D eigenvalue weighted by atomic mass is 10.1. The van der Waals surface area contributed by atoms with Crippen molar-refractivity contribution in [1.29, 1.82) is 0 Å². The molecule has 0 radical (unpaired) electrons. The van der Waals surface area contributed by atoms with Gasteiger partial charge in [-0.15, -0.1) is 0 Å². The summed E-state index contributed by atoms with van der Waals surface area (Å²) < 4.78 is 0. The average Bonchev–Trinajstić information content (AvgIpc) is 2.53. The number of imidazole rings is 1. The molecule has 2 N–H and O–H groups in total. The fraction of sp³-hybridized carbons (Fsp3) is 0.625. The van der Waals surface area contributed by atoms with Gasteiger partial charge in [-0.25, -0.2) is 4.98 Å². The molecule has 1 unspecified atom stereocenters. The zero-order chi connectivity index (χ0) is 7.68. The van der Waals surface area contributed by atoms with Crippen LogP contribution in [0.4, 0.5) is 0 Å². The quantitative estimate of drug-likeness (QED) is 0.652. The highest BCUT2D eigenvalue weighted by atomic mass is 14.9. The summed E-state index contributed by atoms with van der Waals surface area (Å²) >= 11 is 0. The third kappa shape index (κ3) is 1.05. The van der Waals surface area contributed by atoms with Crippen LogP contribution < -0.4 is 5.32 Å². The number of aryl methyl sites for hydroxylation is 1. The van der Waals surface area contributed by atoms with Gasteiger partial charge in [0.2, 0.25) is 0 Å². The minimum Gasteiger partial charge on any atom is -0.348 e. The van der Waals surface area contributed by atoms with Crippen molar-refractivity contribution in [3.05, 3.63) is 17.7 Å². The molecule has 0 fully saturated rings. The highest BCUT2D eigenvalue weighted by Crippen LogP contribution is 2.29. The third-order valence-electron chi connectivity index (χ3n) is 2.33. The van der Waals surface area contributed by atoms with Crippen molar-refractivity contribution in [3.63, 3.8) is 0 Å². The van der Waals surface area contributed by atoms with Crippen LogP contribution >= 0.6 is 0 Å². The van der Waals surface area contributed by atoms with Gasteiger partial charge in [0, 0.05) is 18.2 Å². The first-order chi connectivity index (χ1) is 5.42. The first-order valence-electron chi connectivity index (χ1n) is 4.08. The molecule has 1 atom stereocenters. The second kappa shape index (κ2) is 2.66. The summed E-state index contributed by atoms with van der Waals surface area (Å²) in [4.78, 5) is 7.47. The summed E-state index contributed by atoms with van der Waals surface area (Å²) in [7, 11) is 1.99. The maximum atomic E-state index is 4.30. The lowest BCUT2D eigenvalue weighted by molar-refractivity contribution is 0.611. The van der Waals surface area contributed by atoms with Crippen LogP contribution in [0.3, 0.4) is 0 Å². The first kappa shape index (κ1) is 6.85. The molecule has 0 saturated carbocycles. The second-order valence-corrected chi connectivity index (χ2v) is 3.06. The molecule has 0 saturated heterocycles. The first-order valence-corrected chi connectivity index (χ1v) is 4.08. The molecule has 3 heteroatoms. The minimum atomic E-state index is 0.640. The number of hydrogen-bond donors (Lipinski definition) is 2. The largest absolute Gasteiger partial charge is 0.348 e. The van der Waals surface area contributed by atoms with E-state index in [1.54, 1.807) is 6.33 Å². The predicted octanol–water partition coefficient (Wildman–Crippen LogP) is 0.659. The summed E-state index contributed by atoms with van der Waals surface area (Å²) in [6, 6.07) is 0. The molecule has 60 valence electrons. The van der Waals surface area contributed by atoms with Gasteiger partial charge in [-0.3, -0.25) is 0 Å². The van der Waals surface area contributed by atoms with Gasteiger partial charge in [0.05, 0.1) is 12.0 Å². The Morgan fingerprint density at radius 2 is 2.73 bits per heavy atom. The van der Waals surface area contributed by atoms with Crippen LogP contribution in [0.2, 0.25) is 0 Å². The number of aromatic amines is 1. The topological polar surface area (TPSA) is 40.7 Å². The number of rotatable bonds is 2. The Bertz CT molecular complexity index is 241. The summed E-state index contributed by atoms with van der Waals surface area (Å²) in [5.74, 6) is 0.640. The zero-order valence-electron chi connectivity index (χ0n) is 6.72. The number of nitrogens with one attached hydrogen (secondary N) is 2. The van der Waals surface area contributed by atoms with Crippen molar-refractivity contribution in [3.8, 4) is 0 Å². The van der Waals surface area contributed by atoms with E-state index in [2.05, 4.69) is 15.3 Å². The Morgan fingerprint density at radius 3 is 3.55 bits per heavy atom. The highest BCUT2D eigenvalue weighted by molar-refractivity contribution is 5.22. The molecule has 3 nitrogen and oxygen atoms in total. The molecule has 0 amide bonds. The molecule has 0 spiro atoms. The molecule has 1 aliphatic carbocycles. The molecule has 0 aliphatic heterocycles. The molecule has 1 aromatic heterocycles. The van der Waals surface area contributed by atoms with E-state index in [4.69, 9.17) is 0 Å². The average molecular weight is 151 g/mol. The van der Waals surface area contributed by atoms with Crippen molar-refractivity contribution in [2.75, 3.05) is 13.6 Å². The highest BCUT2D eigenvalue weighted by Gasteiger charge is 2.23. The lowest BCUT2D eigenvalue weighted by Gasteiger charge is -2.05. The molecule has 0 bridgehead atoms. The van der Waals surface area contributed by atoms with Crippen molar-refractivity contribution >= 4 is 0 Å². The predicted molar refractivity (Wildman–Crippen MR) is 43.6 cm³/mol. The van der Waals surface area contributed by atoms with Crippen molar-refractivity contribution in [2.45, 2.75) is 18.8 Å². The minimum absolute atomic E-state index is 0.640. The molecule has 1 heterocycles. The normalized spacial score (nSPS) is 22.1. The van der Waals surface area contributed by atoms with E-state index in [0.717, 1.165) is 6.54 Å². The maximum absolute atomic E-state index is 4.30. The van der Waals surface area contributed by atoms with Gasteiger partial charge in [-0.2, -0.15) is 0 Å². The Labute approximate surface area is 66.2 Å². The van der Waals surface area contributed by atoms with E-state index < -0.39 is 0 Å². The number of aromatic nitrogens is 2. The van der Waals surface area contributed by atoms with Crippen molar-refractivity contribution < 1.29 is 0 Å². The van der Waals surface area contributed by atoms with E-state index in [1.807, 2.05) is 7.05 Å². The molecular weight excluding hydrogens is 138 g/mol. The maximum Gasteiger partial charge on any atom is 0.0925 e. The zero-order valence-corrected chi connectivity index (χ0v) is 6.72. The number of H-pyrrole nitrogens is 1. The summed E-state index contributed by atoms with van der Waals surface area (Å²) in [5, 5.41) is 3.19. The SMILES string of the molecule is CNCC1CCc2[nH]cnc21. The third-order valence-corrected chi connectivity index (χ3v) is 2.33. The van der Waals surface area contributed by atoms with Gasteiger partial charge in [-0.05, 0) is 19.9 Å². The monoisotopic (exact) mass is 151 g/mol. The second-order valence-electron chi connectivity index (χ2n) is 3.06. The van der Waals surface area contributed by atoms with E-state index in [9.17, 15) is 0 Å². The molecule has 2 rings (SSSR count). The number of likely N-dealkylation sites (N-methyl/N-ethyl adjacent to an activating group) is 1. The van der Waals surface area contributed by atoms with Crippen LogP contribution in [0.25, 0.3) is 0 Å². The van der Waals surface area contributed by atoms with E-state index in [-0.39, 0.29) is 0 Å². The van der Waals surface area contributed by atoms with Gasteiger partial charge < -0.3 is 10.3 Å². The standard InChI is InChI=1S/C8H13N3/c1-9-4-6-2-3-7-8(6)11-5-10-7/h5-6,9H,2-4H2,1H3,(H,10,11). The molecule has 11 heavy (non-hydrogen) atoms. The molecule has 1 aromatic rings. The number of nitrogens with zero attached hydrogens (tertiary/aromatic N) is 1. The molecular formula is C8H13N3. The Kier molecular flexibility index (Phi) is 1.66. The molecule has 0 aromatic carbocycles. The lowest BCUT2D eigenvalue weighted by Crippen LogP contribution is -2.15. The van der Waals surface area contributed by atoms with Gasteiger partial charge in [0.1, 0.15) is 0 Å².